The largest absolute Gasteiger partial charge is 0.496 e. The molecule has 6 heteroatoms. The Kier molecular flexibility index (Phi) is 5.20. The molecule has 3 aromatic rings. The molecule has 2 aromatic carbocycles. The van der Waals surface area contributed by atoms with Crippen molar-refractivity contribution in [1.82, 2.24) is 9.88 Å². The van der Waals surface area contributed by atoms with E-state index in [0.717, 1.165) is 54.7 Å². The fourth-order valence-electron chi connectivity index (χ4n) is 4.53. The molecular formula is C23H27N3O3. The highest BCUT2D eigenvalue weighted by Gasteiger charge is 2.27. The maximum atomic E-state index is 11.3. The number of aryl methyl sites for hydroxylation is 1. The van der Waals surface area contributed by atoms with Crippen LogP contribution in [0.2, 0.25) is 0 Å². The third kappa shape index (κ3) is 3.56. The molecule has 1 aliphatic rings. The predicted molar refractivity (Wildman–Crippen MR) is 114 cm³/mol. The summed E-state index contributed by atoms with van der Waals surface area (Å²) in [4.78, 5) is 17.0. The number of benzene rings is 2. The second kappa shape index (κ2) is 7.79. The van der Waals surface area contributed by atoms with Gasteiger partial charge in [0.1, 0.15) is 5.75 Å². The first-order valence-electron chi connectivity index (χ1n) is 10.00. The lowest BCUT2D eigenvalue weighted by molar-refractivity contribution is 0.0697. The topological polar surface area (TPSA) is 91.6 Å². The molecule has 2 heterocycles. The number of hydrogen-bond acceptors (Lipinski definition) is 4. The van der Waals surface area contributed by atoms with Gasteiger partial charge in [-0.05, 0) is 61.7 Å². The zero-order chi connectivity index (χ0) is 20.5. The van der Waals surface area contributed by atoms with Gasteiger partial charge in [-0.25, -0.2) is 4.79 Å². The number of hydrogen-bond donors (Lipinski definition) is 3. The van der Waals surface area contributed by atoms with Gasteiger partial charge in [0.2, 0.25) is 0 Å². The number of aromatic carboxylic acids is 1. The Balaban J connectivity index is 1.71. The number of methoxy groups -OCH3 is 1. The third-order valence-corrected chi connectivity index (χ3v) is 6.00. The summed E-state index contributed by atoms with van der Waals surface area (Å²) in [7, 11) is 1.72. The predicted octanol–water partition coefficient (Wildman–Crippen LogP) is 4.49. The number of rotatable bonds is 5. The van der Waals surface area contributed by atoms with Crippen LogP contribution in [0.3, 0.4) is 0 Å². The standard InChI is InChI=1S/C23H27N3O3/c1-14-11-21(29-2)18(16-8-9-25-22(14)16)13-26-10-4-3-5-20(26)17-7-6-15(23(27)28)12-19(17)24/h6-9,11-12,20,25H,3-5,10,13,24H2,1-2H3,(H,27,28)/t20-/m0/s1. The SMILES string of the molecule is COc1cc(C)c2[nH]ccc2c1CN1CCCC[C@H]1c1ccc(C(=O)O)cc1N. The van der Waals surface area contributed by atoms with Gasteiger partial charge in [-0.2, -0.15) is 0 Å². The lowest BCUT2D eigenvalue weighted by Crippen LogP contribution is -2.33. The number of fused-ring (bicyclic) bond motifs is 1. The lowest BCUT2D eigenvalue weighted by Gasteiger charge is -2.37. The molecule has 0 amide bonds. The number of anilines is 1. The number of piperidine rings is 1. The lowest BCUT2D eigenvalue weighted by atomic mass is 9.92. The smallest absolute Gasteiger partial charge is 0.335 e. The molecule has 0 spiro atoms. The normalized spacial score (nSPS) is 17.5. The minimum atomic E-state index is -0.956. The Labute approximate surface area is 170 Å². The summed E-state index contributed by atoms with van der Waals surface area (Å²) >= 11 is 0. The van der Waals surface area contributed by atoms with Gasteiger partial charge in [-0.3, -0.25) is 4.90 Å². The first-order valence-corrected chi connectivity index (χ1v) is 10.00. The average molecular weight is 393 g/mol. The van der Waals surface area contributed by atoms with Crippen molar-refractivity contribution in [3.63, 3.8) is 0 Å². The van der Waals surface area contributed by atoms with Crippen molar-refractivity contribution in [3.8, 4) is 5.75 Å². The number of nitrogen functional groups attached to an aromatic ring is 1. The monoisotopic (exact) mass is 393 g/mol. The van der Waals surface area contributed by atoms with Gasteiger partial charge in [0.25, 0.3) is 0 Å². The fraction of sp³-hybridized carbons (Fsp3) is 0.348. The molecule has 1 fully saturated rings. The number of likely N-dealkylation sites (tertiary alicyclic amines) is 1. The zero-order valence-corrected chi connectivity index (χ0v) is 16.9. The van der Waals surface area contributed by atoms with E-state index in [-0.39, 0.29) is 11.6 Å². The van der Waals surface area contributed by atoms with E-state index < -0.39 is 5.97 Å². The van der Waals surface area contributed by atoms with Crippen molar-refractivity contribution in [2.24, 2.45) is 0 Å². The molecule has 6 nitrogen and oxygen atoms in total. The maximum Gasteiger partial charge on any atom is 0.335 e. The molecule has 1 aliphatic heterocycles. The summed E-state index contributed by atoms with van der Waals surface area (Å²) in [6.45, 7) is 3.80. The number of nitrogens with two attached hydrogens (primary N) is 1. The number of aromatic nitrogens is 1. The van der Waals surface area contributed by atoms with Crippen LogP contribution in [-0.4, -0.2) is 34.6 Å². The van der Waals surface area contributed by atoms with E-state index in [9.17, 15) is 9.90 Å². The van der Waals surface area contributed by atoms with Gasteiger partial charge in [0.05, 0.1) is 12.7 Å². The Bertz CT molecular complexity index is 1060. The van der Waals surface area contributed by atoms with Crippen LogP contribution in [0.15, 0.2) is 36.5 Å². The average Bonchev–Trinajstić information content (AvgIpc) is 3.21. The van der Waals surface area contributed by atoms with Gasteiger partial charge < -0.3 is 20.6 Å². The van der Waals surface area contributed by atoms with E-state index in [4.69, 9.17) is 10.5 Å². The number of aromatic amines is 1. The summed E-state index contributed by atoms with van der Waals surface area (Å²) < 4.78 is 5.72. The molecule has 0 unspecified atom stereocenters. The van der Waals surface area contributed by atoms with Crippen LogP contribution >= 0.6 is 0 Å². The van der Waals surface area contributed by atoms with Crippen LogP contribution in [0.5, 0.6) is 5.75 Å². The molecular weight excluding hydrogens is 366 g/mol. The van der Waals surface area contributed by atoms with E-state index in [0.29, 0.717) is 5.69 Å². The van der Waals surface area contributed by atoms with Gasteiger partial charge in [0, 0.05) is 40.9 Å². The highest BCUT2D eigenvalue weighted by Crippen LogP contribution is 2.38. The van der Waals surface area contributed by atoms with Crippen LogP contribution in [0, 0.1) is 6.92 Å². The minimum absolute atomic E-state index is 0.159. The molecule has 0 bridgehead atoms. The first-order chi connectivity index (χ1) is 14.0. The molecule has 1 atom stereocenters. The number of ether oxygens (including phenoxy) is 1. The van der Waals surface area contributed by atoms with Gasteiger partial charge in [-0.1, -0.05) is 12.5 Å². The van der Waals surface area contributed by atoms with Crippen LogP contribution < -0.4 is 10.5 Å². The number of carbonyl (C=O) groups is 1. The number of H-pyrrole nitrogens is 1. The molecule has 1 saturated heterocycles. The van der Waals surface area contributed by atoms with Crippen molar-refractivity contribution in [3.05, 3.63) is 58.8 Å². The van der Waals surface area contributed by atoms with Crippen LogP contribution in [0.25, 0.3) is 10.9 Å². The summed E-state index contributed by atoms with van der Waals surface area (Å²) in [6.07, 6.45) is 5.23. The van der Waals surface area contributed by atoms with Crippen molar-refractivity contribution in [2.45, 2.75) is 38.8 Å². The van der Waals surface area contributed by atoms with Gasteiger partial charge in [-0.15, -0.1) is 0 Å². The Morgan fingerprint density at radius 1 is 1.31 bits per heavy atom. The van der Waals surface area contributed by atoms with Crippen molar-refractivity contribution in [1.29, 1.82) is 0 Å². The number of nitrogens with zero attached hydrogens (tertiary/aromatic N) is 1. The Hall–Kier alpha value is -2.99. The molecule has 0 aliphatic carbocycles. The first kappa shape index (κ1) is 19.3. The molecule has 0 radical (unpaired) electrons. The second-order valence-corrected chi connectivity index (χ2v) is 7.77. The molecule has 4 rings (SSSR count). The maximum absolute atomic E-state index is 11.3. The zero-order valence-electron chi connectivity index (χ0n) is 16.9. The van der Waals surface area contributed by atoms with Crippen molar-refractivity contribution in [2.75, 3.05) is 19.4 Å². The molecule has 152 valence electrons. The van der Waals surface area contributed by atoms with Crippen LogP contribution in [-0.2, 0) is 6.54 Å². The minimum Gasteiger partial charge on any atom is -0.496 e. The second-order valence-electron chi connectivity index (χ2n) is 7.77. The van der Waals surface area contributed by atoms with E-state index in [1.807, 2.05) is 12.3 Å². The summed E-state index contributed by atoms with van der Waals surface area (Å²) in [5, 5.41) is 10.4. The van der Waals surface area contributed by atoms with Gasteiger partial charge >= 0.3 is 5.97 Å². The number of carboxylic acid groups (broad SMARTS) is 1. The third-order valence-electron chi connectivity index (χ3n) is 6.00. The van der Waals surface area contributed by atoms with E-state index in [2.05, 4.69) is 28.9 Å². The molecule has 0 saturated carbocycles. The Morgan fingerprint density at radius 3 is 2.86 bits per heavy atom. The summed E-state index contributed by atoms with van der Waals surface area (Å²) in [5.74, 6) is -0.0592. The summed E-state index contributed by atoms with van der Waals surface area (Å²) in [5.41, 5.74) is 11.5. The van der Waals surface area contributed by atoms with E-state index in [1.165, 1.54) is 10.9 Å². The number of carboxylic acids is 1. The number of nitrogens with one attached hydrogen (secondary N) is 1. The van der Waals surface area contributed by atoms with E-state index in [1.54, 1.807) is 19.2 Å². The van der Waals surface area contributed by atoms with Gasteiger partial charge in [0.15, 0.2) is 0 Å². The highest BCUT2D eigenvalue weighted by molar-refractivity contribution is 5.89. The summed E-state index contributed by atoms with van der Waals surface area (Å²) in [6, 6.07) is 9.45. The van der Waals surface area contributed by atoms with Crippen LogP contribution in [0.4, 0.5) is 5.69 Å². The fourth-order valence-corrected chi connectivity index (χ4v) is 4.53. The van der Waals surface area contributed by atoms with E-state index >= 15 is 0 Å². The highest BCUT2D eigenvalue weighted by atomic mass is 16.5. The molecule has 1 aromatic heterocycles. The Morgan fingerprint density at radius 2 is 2.14 bits per heavy atom. The van der Waals surface area contributed by atoms with Crippen molar-refractivity contribution >= 4 is 22.6 Å². The molecule has 4 N–H and O–H groups in total. The van der Waals surface area contributed by atoms with Crippen molar-refractivity contribution < 1.29 is 14.6 Å². The molecule has 29 heavy (non-hydrogen) atoms. The van der Waals surface area contributed by atoms with Crippen LogP contribution in [0.1, 0.15) is 52.4 Å². The quantitative estimate of drug-likeness (QED) is 0.556.